The second kappa shape index (κ2) is 5.13. The molecule has 1 aliphatic rings. The van der Waals surface area contributed by atoms with E-state index in [-0.39, 0.29) is 11.7 Å². The smallest absolute Gasteiger partial charge is 0.219 e. The highest BCUT2D eigenvalue weighted by Gasteiger charge is 2.15. The molecular weight excluding hydrogens is 217 g/mol. The van der Waals surface area contributed by atoms with Crippen molar-refractivity contribution in [3.63, 3.8) is 0 Å². The molecular formula is C14H16FNO. The van der Waals surface area contributed by atoms with Gasteiger partial charge in [0.25, 0.3) is 0 Å². The van der Waals surface area contributed by atoms with Crippen molar-refractivity contribution in [1.29, 1.82) is 0 Å². The molecule has 17 heavy (non-hydrogen) atoms. The van der Waals surface area contributed by atoms with E-state index in [0.29, 0.717) is 6.54 Å². The number of carbonyl (C=O) groups is 1. The van der Waals surface area contributed by atoms with Crippen molar-refractivity contribution >= 4 is 12.0 Å². The van der Waals surface area contributed by atoms with Crippen molar-refractivity contribution in [1.82, 2.24) is 4.90 Å². The van der Waals surface area contributed by atoms with Gasteiger partial charge in [-0.15, -0.1) is 0 Å². The highest BCUT2D eigenvalue weighted by atomic mass is 19.1. The first-order valence-corrected chi connectivity index (χ1v) is 5.85. The van der Waals surface area contributed by atoms with Crippen LogP contribution in [-0.4, -0.2) is 23.9 Å². The van der Waals surface area contributed by atoms with Gasteiger partial charge in [0, 0.05) is 20.0 Å². The summed E-state index contributed by atoms with van der Waals surface area (Å²) >= 11 is 0. The Bertz CT molecular complexity index is 453. The third-order valence-electron chi connectivity index (χ3n) is 2.98. The third-order valence-corrected chi connectivity index (χ3v) is 2.98. The molecule has 0 bridgehead atoms. The van der Waals surface area contributed by atoms with E-state index >= 15 is 0 Å². The highest BCUT2D eigenvalue weighted by Crippen LogP contribution is 2.19. The van der Waals surface area contributed by atoms with Crippen molar-refractivity contribution in [2.24, 2.45) is 0 Å². The molecule has 1 aromatic rings. The molecule has 1 aliphatic heterocycles. The lowest BCUT2D eigenvalue weighted by Gasteiger charge is -2.27. The predicted molar refractivity (Wildman–Crippen MR) is 65.9 cm³/mol. The SMILES string of the molecule is CC(=O)N1CCC/C(=C\c2cccc(F)c2)C1. The van der Waals surface area contributed by atoms with Crippen LogP contribution >= 0.6 is 0 Å². The summed E-state index contributed by atoms with van der Waals surface area (Å²) in [5.74, 6) is -0.117. The summed E-state index contributed by atoms with van der Waals surface area (Å²) in [6.07, 6.45) is 3.96. The van der Waals surface area contributed by atoms with Gasteiger partial charge >= 0.3 is 0 Å². The van der Waals surface area contributed by atoms with Crippen LogP contribution in [0.2, 0.25) is 0 Å². The van der Waals surface area contributed by atoms with Crippen molar-refractivity contribution < 1.29 is 9.18 Å². The van der Waals surface area contributed by atoms with E-state index in [9.17, 15) is 9.18 Å². The Kier molecular flexibility index (Phi) is 3.57. The Labute approximate surface area is 101 Å². The minimum Gasteiger partial charge on any atom is -0.339 e. The van der Waals surface area contributed by atoms with Gasteiger partial charge in [-0.1, -0.05) is 23.8 Å². The van der Waals surface area contributed by atoms with Crippen molar-refractivity contribution in [3.05, 3.63) is 41.2 Å². The molecule has 0 spiro atoms. The molecule has 1 saturated heterocycles. The fraction of sp³-hybridized carbons (Fsp3) is 0.357. The van der Waals surface area contributed by atoms with E-state index in [2.05, 4.69) is 0 Å². The van der Waals surface area contributed by atoms with Crippen LogP contribution in [0.5, 0.6) is 0 Å². The van der Waals surface area contributed by atoms with Crippen molar-refractivity contribution in [2.75, 3.05) is 13.1 Å². The molecule has 0 N–H and O–H groups in total. The molecule has 1 heterocycles. The van der Waals surface area contributed by atoms with Gasteiger partial charge in [0.2, 0.25) is 5.91 Å². The Hall–Kier alpha value is -1.64. The molecule has 1 fully saturated rings. The number of hydrogen-bond acceptors (Lipinski definition) is 1. The van der Waals surface area contributed by atoms with Crippen LogP contribution in [0.25, 0.3) is 6.08 Å². The summed E-state index contributed by atoms with van der Waals surface area (Å²) < 4.78 is 13.0. The van der Waals surface area contributed by atoms with E-state index in [0.717, 1.165) is 24.9 Å². The Morgan fingerprint density at radius 1 is 1.47 bits per heavy atom. The number of amides is 1. The quantitative estimate of drug-likeness (QED) is 0.730. The molecule has 0 atom stereocenters. The molecule has 0 aromatic heterocycles. The van der Waals surface area contributed by atoms with Crippen LogP contribution in [0.4, 0.5) is 4.39 Å². The largest absolute Gasteiger partial charge is 0.339 e. The lowest BCUT2D eigenvalue weighted by atomic mass is 10.0. The fourth-order valence-corrected chi connectivity index (χ4v) is 2.12. The maximum absolute atomic E-state index is 13.0. The Morgan fingerprint density at radius 2 is 2.29 bits per heavy atom. The second-order valence-electron chi connectivity index (χ2n) is 4.40. The molecule has 2 nitrogen and oxygen atoms in total. The first kappa shape index (κ1) is 11.8. The number of hydrogen-bond donors (Lipinski definition) is 0. The van der Waals surface area contributed by atoms with Gasteiger partial charge in [-0.05, 0) is 30.5 Å². The number of benzene rings is 1. The Morgan fingerprint density at radius 3 is 3.00 bits per heavy atom. The molecule has 0 saturated carbocycles. The van der Waals surface area contributed by atoms with Gasteiger partial charge in [0.05, 0.1) is 0 Å². The van der Waals surface area contributed by atoms with E-state index < -0.39 is 0 Å². The van der Waals surface area contributed by atoms with E-state index in [1.54, 1.807) is 13.0 Å². The zero-order chi connectivity index (χ0) is 12.3. The van der Waals surface area contributed by atoms with E-state index in [1.165, 1.54) is 17.7 Å². The average molecular weight is 233 g/mol. The summed E-state index contributed by atoms with van der Waals surface area (Å²) in [5.41, 5.74) is 2.06. The van der Waals surface area contributed by atoms with Gasteiger partial charge in [0.15, 0.2) is 0 Å². The van der Waals surface area contributed by atoms with Gasteiger partial charge in [-0.3, -0.25) is 4.79 Å². The van der Waals surface area contributed by atoms with Gasteiger partial charge in [0.1, 0.15) is 5.82 Å². The molecule has 1 amide bonds. The first-order valence-electron chi connectivity index (χ1n) is 5.85. The molecule has 3 heteroatoms. The third kappa shape index (κ3) is 3.16. The molecule has 1 aromatic carbocycles. The maximum Gasteiger partial charge on any atom is 0.219 e. The van der Waals surface area contributed by atoms with E-state index in [4.69, 9.17) is 0 Å². The minimum atomic E-state index is -0.224. The zero-order valence-electron chi connectivity index (χ0n) is 9.95. The molecule has 0 unspecified atom stereocenters. The standard InChI is InChI=1S/C14H16FNO/c1-11(17)16-7-3-5-13(10-16)8-12-4-2-6-14(15)9-12/h2,4,6,8-9H,3,5,7,10H2,1H3/b13-8+. The first-order chi connectivity index (χ1) is 8.15. The van der Waals surface area contributed by atoms with Gasteiger partial charge < -0.3 is 4.90 Å². The summed E-state index contributed by atoms with van der Waals surface area (Å²) in [6, 6.07) is 6.53. The van der Waals surface area contributed by atoms with Gasteiger partial charge in [-0.2, -0.15) is 0 Å². The minimum absolute atomic E-state index is 0.106. The zero-order valence-corrected chi connectivity index (χ0v) is 9.95. The van der Waals surface area contributed by atoms with Crippen LogP contribution < -0.4 is 0 Å². The van der Waals surface area contributed by atoms with Crippen molar-refractivity contribution in [2.45, 2.75) is 19.8 Å². The lowest BCUT2D eigenvalue weighted by molar-refractivity contribution is -0.128. The maximum atomic E-state index is 13.0. The van der Waals surface area contributed by atoms with Crippen LogP contribution in [0.15, 0.2) is 29.8 Å². The van der Waals surface area contributed by atoms with E-state index in [1.807, 2.05) is 17.0 Å². The summed E-state index contributed by atoms with van der Waals surface area (Å²) in [6.45, 7) is 3.09. The predicted octanol–water partition coefficient (Wildman–Crippen LogP) is 2.85. The highest BCUT2D eigenvalue weighted by molar-refractivity contribution is 5.74. The van der Waals surface area contributed by atoms with Crippen LogP contribution in [0, 0.1) is 5.82 Å². The second-order valence-corrected chi connectivity index (χ2v) is 4.40. The molecule has 90 valence electrons. The summed E-state index contributed by atoms with van der Waals surface area (Å²) in [5, 5.41) is 0. The van der Waals surface area contributed by atoms with Crippen LogP contribution in [0.3, 0.4) is 0 Å². The number of halogens is 1. The number of carbonyl (C=O) groups excluding carboxylic acids is 1. The normalized spacial score (nSPS) is 18.5. The topological polar surface area (TPSA) is 20.3 Å². The number of nitrogens with zero attached hydrogens (tertiary/aromatic N) is 1. The lowest BCUT2D eigenvalue weighted by Crippen LogP contribution is -2.34. The van der Waals surface area contributed by atoms with Crippen LogP contribution in [-0.2, 0) is 4.79 Å². The van der Waals surface area contributed by atoms with Crippen LogP contribution in [0.1, 0.15) is 25.3 Å². The summed E-state index contributed by atoms with van der Waals surface area (Å²) in [7, 11) is 0. The molecule has 2 rings (SSSR count). The summed E-state index contributed by atoms with van der Waals surface area (Å²) in [4.78, 5) is 13.1. The fourth-order valence-electron chi connectivity index (χ4n) is 2.12. The molecule has 0 aliphatic carbocycles. The van der Waals surface area contributed by atoms with Crippen molar-refractivity contribution in [3.8, 4) is 0 Å². The van der Waals surface area contributed by atoms with Gasteiger partial charge in [-0.25, -0.2) is 4.39 Å². The number of likely N-dealkylation sites (tertiary alicyclic amines) is 1. The number of piperidine rings is 1. The monoisotopic (exact) mass is 233 g/mol. The molecule has 0 radical (unpaired) electrons. The average Bonchev–Trinajstić information content (AvgIpc) is 2.29. The number of rotatable bonds is 1. The Balaban J connectivity index is 2.14.